The van der Waals surface area contributed by atoms with Gasteiger partial charge >= 0.3 is 5.97 Å². The molecule has 3 aromatic rings. The summed E-state index contributed by atoms with van der Waals surface area (Å²) in [7, 11) is 4.52. The van der Waals surface area contributed by atoms with Gasteiger partial charge in [-0.1, -0.05) is 12.1 Å². The lowest BCUT2D eigenvalue weighted by Gasteiger charge is -2.26. The quantitative estimate of drug-likeness (QED) is 0.328. The number of rotatable bonds is 5. The van der Waals surface area contributed by atoms with E-state index < -0.39 is 5.92 Å². The second-order valence-corrected chi connectivity index (χ2v) is 8.04. The number of esters is 1. The van der Waals surface area contributed by atoms with Gasteiger partial charge in [-0.2, -0.15) is 0 Å². The van der Waals surface area contributed by atoms with Gasteiger partial charge in [-0.15, -0.1) is 0 Å². The lowest BCUT2D eigenvalue weighted by atomic mass is 9.84. The highest BCUT2D eigenvalue weighted by molar-refractivity contribution is 6.15. The van der Waals surface area contributed by atoms with Crippen LogP contribution in [0.1, 0.15) is 39.4 Å². The van der Waals surface area contributed by atoms with E-state index in [-0.39, 0.29) is 29.7 Å². The Morgan fingerprint density at radius 2 is 1.63 bits per heavy atom. The molecule has 3 aromatic carbocycles. The number of benzene rings is 3. The van der Waals surface area contributed by atoms with Crippen molar-refractivity contribution in [3.63, 3.8) is 0 Å². The average Bonchev–Trinajstić information content (AvgIpc) is 3.18. The van der Waals surface area contributed by atoms with Crippen LogP contribution in [0.15, 0.2) is 54.3 Å². The molecule has 2 aliphatic rings. The fraction of sp³-hybridized carbons (Fsp3) is 0.185. The molecular formula is C27H22O8. The first-order valence-electron chi connectivity index (χ1n) is 10.8. The summed E-state index contributed by atoms with van der Waals surface area (Å²) in [4.78, 5) is 25.6. The van der Waals surface area contributed by atoms with E-state index in [0.29, 0.717) is 45.4 Å². The van der Waals surface area contributed by atoms with Gasteiger partial charge in [-0.25, -0.2) is 0 Å². The lowest BCUT2D eigenvalue weighted by Crippen LogP contribution is -2.21. The van der Waals surface area contributed by atoms with E-state index >= 15 is 0 Å². The first-order chi connectivity index (χ1) is 16.9. The summed E-state index contributed by atoms with van der Waals surface area (Å²) in [5, 5.41) is 9.68. The predicted octanol–water partition coefficient (Wildman–Crippen LogP) is 4.48. The Morgan fingerprint density at radius 3 is 2.31 bits per heavy atom. The van der Waals surface area contributed by atoms with Crippen molar-refractivity contribution in [3.8, 4) is 34.5 Å². The molecule has 8 heteroatoms. The molecule has 0 aromatic heterocycles. The zero-order chi connectivity index (χ0) is 24.7. The molecule has 0 spiro atoms. The number of carbonyl (C=O) groups excluding carboxylic acids is 2. The van der Waals surface area contributed by atoms with Crippen LogP contribution in [0.2, 0.25) is 0 Å². The molecule has 5 rings (SSSR count). The van der Waals surface area contributed by atoms with Crippen LogP contribution in [0.25, 0.3) is 6.08 Å². The minimum atomic E-state index is -0.399. The molecule has 0 saturated heterocycles. The van der Waals surface area contributed by atoms with Crippen molar-refractivity contribution in [2.75, 3.05) is 21.3 Å². The highest BCUT2D eigenvalue weighted by atomic mass is 16.5. The van der Waals surface area contributed by atoms with Gasteiger partial charge in [0, 0.05) is 17.0 Å². The standard InChI is InChI=1S/C27H22O8/c1-31-20-10-6-15(25(32-2)27(20)33-3)12-21-24(30)17-9-11-19-23(26(17)35-21)18(13-22(29)34-19)14-4-7-16(28)8-5-14/h4-12,18,28H,13H2,1-3H3/b21-12-. The van der Waals surface area contributed by atoms with Gasteiger partial charge in [0.1, 0.15) is 17.2 Å². The van der Waals surface area contributed by atoms with Crippen LogP contribution in [0, 0.1) is 0 Å². The van der Waals surface area contributed by atoms with Gasteiger partial charge in [0.05, 0.1) is 33.3 Å². The Bertz CT molecular complexity index is 1370. The van der Waals surface area contributed by atoms with E-state index in [9.17, 15) is 14.7 Å². The Labute approximate surface area is 201 Å². The number of carbonyl (C=O) groups is 2. The van der Waals surface area contributed by atoms with Crippen molar-refractivity contribution in [3.05, 3.63) is 76.5 Å². The minimum Gasteiger partial charge on any atom is -0.508 e. The molecule has 0 amide bonds. The molecule has 2 aliphatic heterocycles. The maximum Gasteiger partial charge on any atom is 0.312 e. The fourth-order valence-electron chi connectivity index (χ4n) is 4.48. The van der Waals surface area contributed by atoms with Gasteiger partial charge in [0.2, 0.25) is 11.5 Å². The summed E-state index contributed by atoms with van der Waals surface area (Å²) in [6, 6.07) is 13.2. The Balaban J connectivity index is 1.60. The van der Waals surface area contributed by atoms with Crippen LogP contribution in [0.4, 0.5) is 0 Å². The number of phenols is 1. The van der Waals surface area contributed by atoms with Crippen molar-refractivity contribution < 1.29 is 38.4 Å². The number of phenolic OH excluding ortho intramolecular Hbond substituents is 1. The predicted molar refractivity (Wildman–Crippen MR) is 126 cm³/mol. The number of Topliss-reactive ketones (excluding diaryl/α,β-unsaturated/α-hetero) is 1. The van der Waals surface area contributed by atoms with Crippen LogP contribution in [-0.2, 0) is 4.79 Å². The van der Waals surface area contributed by atoms with Crippen LogP contribution in [0.3, 0.4) is 0 Å². The van der Waals surface area contributed by atoms with Crippen molar-refractivity contribution in [2.45, 2.75) is 12.3 Å². The van der Waals surface area contributed by atoms with Gasteiger partial charge in [0.15, 0.2) is 17.3 Å². The van der Waals surface area contributed by atoms with Crippen LogP contribution in [-0.4, -0.2) is 38.2 Å². The molecule has 1 atom stereocenters. The number of aromatic hydroxyl groups is 1. The summed E-state index contributed by atoms with van der Waals surface area (Å²) in [6.45, 7) is 0. The van der Waals surface area contributed by atoms with Crippen LogP contribution >= 0.6 is 0 Å². The summed E-state index contributed by atoms with van der Waals surface area (Å²) in [5.41, 5.74) is 2.35. The third-order valence-corrected chi connectivity index (χ3v) is 6.10. The normalized spacial score (nSPS) is 17.3. The first kappa shape index (κ1) is 22.3. The monoisotopic (exact) mass is 474 g/mol. The van der Waals surface area contributed by atoms with E-state index in [1.165, 1.54) is 21.3 Å². The second kappa shape index (κ2) is 8.72. The molecular weight excluding hydrogens is 452 g/mol. The highest BCUT2D eigenvalue weighted by Gasteiger charge is 2.38. The van der Waals surface area contributed by atoms with Crippen molar-refractivity contribution in [2.24, 2.45) is 0 Å². The molecule has 8 nitrogen and oxygen atoms in total. The fourth-order valence-corrected chi connectivity index (χ4v) is 4.48. The zero-order valence-corrected chi connectivity index (χ0v) is 19.3. The van der Waals surface area contributed by atoms with Crippen molar-refractivity contribution in [1.29, 1.82) is 0 Å². The van der Waals surface area contributed by atoms with Gasteiger partial charge in [-0.3, -0.25) is 9.59 Å². The molecule has 1 N–H and O–H groups in total. The summed E-state index contributed by atoms with van der Waals surface area (Å²) in [5.74, 6) is 1.09. The molecule has 0 fully saturated rings. The van der Waals surface area contributed by atoms with Gasteiger partial charge < -0.3 is 28.8 Å². The van der Waals surface area contributed by atoms with Gasteiger partial charge in [0.25, 0.3) is 0 Å². The van der Waals surface area contributed by atoms with Crippen LogP contribution in [0.5, 0.6) is 34.5 Å². The number of hydrogen-bond acceptors (Lipinski definition) is 8. The topological polar surface area (TPSA) is 101 Å². The largest absolute Gasteiger partial charge is 0.508 e. The molecule has 0 aliphatic carbocycles. The number of fused-ring (bicyclic) bond motifs is 3. The van der Waals surface area contributed by atoms with Gasteiger partial charge in [-0.05, 0) is 48.0 Å². The molecule has 0 saturated carbocycles. The lowest BCUT2D eigenvalue weighted by molar-refractivity contribution is -0.135. The van der Waals surface area contributed by atoms with Crippen LogP contribution < -0.4 is 23.7 Å². The van der Waals surface area contributed by atoms with Crippen molar-refractivity contribution >= 4 is 17.8 Å². The third kappa shape index (κ3) is 3.73. The minimum absolute atomic E-state index is 0.0777. The second-order valence-electron chi connectivity index (χ2n) is 8.04. The maximum absolute atomic E-state index is 13.3. The molecule has 35 heavy (non-hydrogen) atoms. The Morgan fingerprint density at radius 1 is 0.886 bits per heavy atom. The van der Waals surface area contributed by atoms with E-state index in [0.717, 1.165) is 5.56 Å². The molecule has 1 unspecified atom stereocenters. The van der Waals surface area contributed by atoms with E-state index in [2.05, 4.69) is 0 Å². The molecule has 2 heterocycles. The number of methoxy groups -OCH3 is 3. The number of ketones is 1. The average molecular weight is 474 g/mol. The molecule has 178 valence electrons. The van der Waals surface area contributed by atoms with E-state index in [1.807, 2.05) is 0 Å². The Kier molecular flexibility index (Phi) is 5.56. The summed E-state index contributed by atoms with van der Waals surface area (Å²) in [6.07, 6.45) is 1.66. The zero-order valence-electron chi connectivity index (χ0n) is 19.3. The molecule has 0 bridgehead atoms. The summed E-state index contributed by atoms with van der Waals surface area (Å²) < 4.78 is 27.9. The Hall–Kier alpha value is -4.46. The smallest absolute Gasteiger partial charge is 0.312 e. The number of hydrogen-bond donors (Lipinski definition) is 1. The van der Waals surface area contributed by atoms with E-state index in [4.69, 9.17) is 23.7 Å². The number of allylic oxidation sites excluding steroid dienone is 1. The number of ether oxygens (including phenoxy) is 5. The maximum atomic E-state index is 13.3. The first-order valence-corrected chi connectivity index (χ1v) is 10.8. The summed E-state index contributed by atoms with van der Waals surface area (Å²) >= 11 is 0. The highest BCUT2D eigenvalue weighted by Crippen LogP contribution is 2.49. The van der Waals surface area contributed by atoms with E-state index in [1.54, 1.807) is 54.6 Å². The molecule has 0 radical (unpaired) electrons. The third-order valence-electron chi connectivity index (χ3n) is 6.10. The van der Waals surface area contributed by atoms with Crippen molar-refractivity contribution in [1.82, 2.24) is 0 Å². The SMILES string of the molecule is COc1ccc(/C=C2\Oc3c(ccc4c3C(c3ccc(O)cc3)CC(=O)O4)C2=O)c(OC)c1OC.